The van der Waals surface area contributed by atoms with Gasteiger partial charge in [-0.1, -0.05) is 17.8 Å². The number of amides is 1. The highest BCUT2D eigenvalue weighted by atomic mass is 32.2. The van der Waals surface area contributed by atoms with E-state index >= 15 is 0 Å². The van der Waals surface area contributed by atoms with Crippen LogP contribution in [-0.2, 0) is 0 Å². The van der Waals surface area contributed by atoms with Gasteiger partial charge in [-0.25, -0.2) is 4.98 Å². The summed E-state index contributed by atoms with van der Waals surface area (Å²) in [5.41, 5.74) is 0.699. The number of pyridine rings is 1. The fourth-order valence-corrected chi connectivity index (χ4v) is 2.23. The third kappa shape index (κ3) is 3.11. The minimum atomic E-state index is 0.0180. The summed E-state index contributed by atoms with van der Waals surface area (Å²) in [5, 5.41) is 0.948. The molecule has 0 unspecified atom stereocenters. The van der Waals surface area contributed by atoms with E-state index in [9.17, 15) is 4.79 Å². The molecule has 1 aromatic heterocycles. The minimum Gasteiger partial charge on any atom is -0.345 e. The summed E-state index contributed by atoms with van der Waals surface area (Å²) < 4.78 is 0. The van der Waals surface area contributed by atoms with E-state index in [1.54, 1.807) is 37.0 Å². The fourth-order valence-electron chi connectivity index (χ4n) is 1.45. The molecular formula is C14H14N2OS. The summed E-state index contributed by atoms with van der Waals surface area (Å²) in [7, 11) is 3.50. The lowest BCUT2D eigenvalue weighted by Crippen LogP contribution is -2.21. The second-order valence-corrected chi connectivity index (χ2v) is 5.09. The molecule has 0 aliphatic carbocycles. The van der Waals surface area contributed by atoms with Crippen molar-refractivity contribution >= 4 is 17.7 Å². The highest BCUT2D eigenvalue weighted by Gasteiger charge is 2.07. The first-order chi connectivity index (χ1) is 8.66. The van der Waals surface area contributed by atoms with E-state index in [0.717, 1.165) is 9.92 Å². The Hall–Kier alpha value is -1.81. The fraction of sp³-hybridized carbons (Fsp3) is 0.143. The van der Waals surface area contributed by atoms with E-state index in [-0.39, 0.29) is 5.91 Å². The maximum Gasteiger partial charge on any atom is 0.253 e. The molecule has 0 aliphatic rings. The molecule has 2 aromatic rings. The van der Waals surface area contributed by atoms with Crippen molar-refractivity contribution in [2.24, 2.45) is 0 Å². The number of carbonyl (C=O) groups excluding carboxylic acids is 1. The SMILES string of the molecule is CN(C)C(=O)c1ccc(Sc2ccccn2)cc1. The zero-order chi connectivity index (χ0) is 13.0. The van der Waals surface area contributed by atoms with Crippen LogP contribution in [0.4, 0.5) is 0 Å². The van der Waals surface area contributed by atoms with Gasteiger partial charge in [0.05, 0.1) is 0 Å². The second-order valence-electron chi connectivity index (χ2n) is 3.99. The first-order valence-corrected chi connectivity index (χ1v) is 6.39. The molecule has 0 N–H and O–H groups in total. The maximum atomic E-state index is 11.7. The quantitative estimate of drug-likeness (QED) is 0.848. The van der Waals surface area contributed by atoms with Crippen LogP contribution in [0.25, 0.3) is 0 Å². The average Bonchev–Trinajstić information content (AvgIpc) is 2.40. The van der Waals surface area contributed by atoms with Crippen molar-refractivity contribution in [3.05, 3.63) is 54.2 Å². The van der Waals surface area contributed by atoms with Crippen LogP contribution in [0.5, 0.6) is 0 Å². The monoisotopic (exact) mass is 258 g/mol. The summed E-state index contributed by atoms with van der Waals surface area (Å²) in [5.74, 6) is 0.0180. The van der Waals surface area contributed by atoms with Gasteiger partial charge in [0.15, 0.2) is 0 Å². The molecule has 1 heterocycles. The van der Waals surface area contributed by atoms with Gasteiger partial charge >= 0.3 is 0 Å². The number of hydrogen-bond acceptors (Lipinski definition) is 3. The molecule has 0 aliphatic heterocycles. The largest absolute Gasteiger partial charge is 0.345 e. The molecule has 0 fully saturated rings. The number of aromatic nitrogens is 1. The predicted molar refractivity (Wildman–Crippen MR) is 72.8 cm³/mol. The van der Waals surface area contributed by atoms with Gasteiger partial charge in [0.25, 0.3) is 5.91 Å². The van der Waals surface area contributed by atoms with Gasteiger partial charge in [0.2, 0.25) is 0 Å². The molecule has 0 saturated heterocycles. The molecule has 1 aromatic carbocycles. The number of nitrogens with zero attached hydrogens (tertiary/aromatic N) is 2. The molecule has 0 radical (unpaired) electrons. The molecule has 92 valence electrons. The molecule has 0 atom stereocenters. The third-order valence-electron chi connectivity index (χ3n) is 2.37. The lowest BCUT2D eigenvalue weighted by molar-refractivity contribution is 0.0827. The van der Waals surface area contributed by atoms with Gasteiger partial charge in [-0.3, -0.25) is 4.79 Å². The van der Waals surface area contributed by atoms with Crippen molar-refractivity contribution in [1.29, 1.82) is 0 Å². The van der Waals surface area contributed by atoms with Crippen molar-refractivity contribution in [2.45, 2.75) is 9.92 Å². The summed E-state index contributed by atoms with van der Waals surface area (Å²) in [6.45, 7) is 0. The normalized spacial score (nSPS) is 10.1. The Morgan fingerprint density at radius 1 is 1.11 bits per heavy atom. The van der Waals surface area contributed by atoms with Gasteiger partial charge in [0, 0.05) is 30.8 Å². The van der Waals surface area contributed by atoms with Crippen LogP contribution in [0.3, 0.4) is 0 Å². The molecule has 0 saturated carbocycles. The molecule has 0 bridgehead atoms. The molecular weight excluding hydrogens is 244 g/mol. The number of rotatable bonds is 3. The van der Waals surface area contributed by atoms with Crippen LogP contribution in [-0.4, -0.2) is 29.9 Å². The lowest BCUT2D eigenvalue weighted by atomic mass is 10.2. The third-order valence-corrected chi connectivity index (χ3v) is 3.33. The Bertz CT molecular complexity index is 523. The zero-order valence-corrected chi connectivity index (χ0v) is 11.1. The molecule has 0 spiro atoms. The first kappa shape index (κ1) is 12.6. The van der Waals surface area contributed by atoms with Crippen LogP contribution >= 0.6 is 11.8 Å². The van der Waals surface area contributed by atoms with Crippen molar-refractivity contribution in [3.63, 3.8) is 0 Å². The smallest absolute Gasteiger partial charge is 0.253 e. The van der Waals surface area contributed by atoms with E-state index in [1.165, 1.54) is 0 Å². The summed E-state index contributed by atoms with van der Waals surface area (Å²) >= 11 is 1.58. The van der Waals surface area contributed by atoms with Crippen molar-refractivity contribution < 1.29 is 4.79 Å². The number of carbonyl (C=O) groups is 1. The molecule has 3 nitrogen and oxygen atoms in total. The molecule has 2 rings (SSSR count). The van der Waals surface area contributed by atoms with Gasteiger partial charge in [0.1, 0.15) is 5.03 Å². The van der Waals surface area contributed by atoms with Crippen LogP contribution in [0.1, 0.15) is 10.4 Å². The Kier molecular flexibility index (Phi) is 3.99. The van der Waals surface area contributed by atoms with Gasteiger partial charge in [-0.2, -0.15) is 0 Å². The van der Waals surface area contributed by atoms with Crippen molar-refractivity contribution in [3.8, 4) is 0 Å². The lowest BCUT2D eigenvalue weighted by Gasteiger charge is -2.10. The Morgan fingerprint density at radius 3 is 2.39 bits per heavy atom. The highest BCUT2D eigenvalue weighted by molar-refractivity contribution is 7.99. The average molecular weight is 258 g/mol. The van der Waals surface area contributed by atoms with E-state index in [2.05, 4.69) is 4.98 Å². The summed E-state index contributed by atoms with van der Waals surface area (Å²) in [6, 6.07) is 13.4. The van der Waals surface area contributed by atoms with E-state index < -0.39 is 0 Å². The molecule has 4 heteroatoms. The van der Waals surface area contributed by atoms with Crippen LogP contribution in [0.2, 0.25) is 0 Å². The standard InChI is InChI=1S/C14H14N2OS/c1-16(2)14(17)11-6-8-12(9-7-11)18-13-5-3-4-10-15-13/h3-10H,1-2H3. The Morgan fingerprint density at radius 2 is 1.83 bits per heavy atom. The van der Waals surface area contributed by atoms with E-state index in [0.29, 0.717) is 5.56 Å². The van der Waals surface area contributed by atoms with Gasteiger partial charge in [-0.05, 0) is 36.4 Å². The Balaban J connectivity index is 2.11. The zero-order valence-electron chi connectivity index (χ0n) is 10.3. The minimum absolute atomic E-state index is 0.0180. The molecule has 1 amide bonds. The van der Waals surface area contributed by atoms with Gasteiger partial charge < -0.3 is 4.90 Å². The number of benzene rings is 1. The van der Waals surface area contributed by atoms with Crippen molar-refractivity contribution in [1.82, 2.24) is 9.88 Å². The topological polar surface area (TPSA) is 33.2 Å². The maximum absolute atomic E-state index is 11.7. The van der Waals surface area contributed by atoms with E-state index in [1.807, 2.05) is 42.5 Å². The first-order valence-electron chi connectivity index (χ1n) is 5.57. The predicted octanol–water partition coefficient (Wildman–Crippen LogP) is 2.93. The second kappa shape index (κ2) is 5.69. The van der Waals surface area contributed by atoms with Gasteiger partial charge in [-0.15, -0.1) is 0 Å². The number of hydrogen-bond donors (Lipinski definition) is 0. The highest BCUT2D eigenvalue weighted by Crippen LogP contribution is 2.25. The van der Waals surface area contributed by atoms with E-state index in [4.69, 9.17) is 0 Å². The molecule has 18 heavy (non-hydrogen) atoms. The van der Waals surface area contributed by atoms with Crippen LogP contribution in [0.15, 0.2) is 58.6 Å². The van der Waals surface area contributed by atoms with Crippen LogP contribution < -0.4 is 0 Å². The van der Waals surface area contributed by atoms with Crippen LogP contribution in [0, 0.1) is 0 Å². The Labute approximate surface area is 111 Å². The van der Waals surface area contributed by atoms with Crippen molar-refractivity contribution in [2.75, 3.05) is 14.1 Å². The summed E-state index contributed by atoms with van der Waals surface area (Å²) in [6.07, 6.45) is 1.77. The summed E-state index contributed by atoms with van der Waals surface area (Å²) in [4.78, 5) is 18.6.